The van der Waals surface area contributed by atoms with E-state index in [1.807, 2.05) is 49.6 Å². The molecule has 0 fully saturated rings. The summed E-state index contributed by atoms with van der Waals surface area (Å²) in [6.07, 6.45) is 3.64. The molecule has 0 aliphatic heterocycles. The average molecular weight is 434 g/mol. The van der Waals surface area contributed by atoms with Gasteiger partial charge >= 0.3 is 0 Å². The molecule has 0 radical (unpaired) electrons. The second kappa shape index (κ2) is 9.06. The fourth-order valence-corrected chi connectivity index (χ4v) is 3.79. The summed E-state index contributed by atoms with van der Waals surface area (Å²) in [5, 5.41) is 0. The molecule has 1 N–H and O–H groups in total. The Bertz CT molecular complexity index is 1010. The smallest absolute Gasteiger partial charge is 0.131 e. The predicted molar refractivity (Wildman–Crippen MR) is 114 cm³/mol. The highest BCUT2D eigenvalue weighted by Crippen LogP contribution is 2.25. The molecule has 5 nitrogen and oxygen atoms in total. The fraction of sp³-hybridized carbons (Fsp3) is 0.318. The lowest BCUT2D eigenvalue weighted by Crippen LogP contribution is -2.37. The average Bonchev–Trinajstić information content (AvgIpc) is 3.15. The number of halogens is 2. The van der Waals surface area contributed by atoms with Crippen LogP contribution in [-0.4, -0.2) is 25.6 Å². The second-order valence-electron chi connectivity index (χ2n) is 7.89. The summed E-state index contributed by atoms with van der Waals surface area (Å²) in [7, 11) is 0.178. The van der Waals surface area contributed by atoms with Crippen molar-refractivity contribution in [1.29, 1.82) is 0 Å². The van der Waals surface area contributed by atoms with Gasteiger partial charge < -0.3 is 9.30 Å². The van der Waals surface area contributed by atoms with Gasteiger partial charge in [0.1, 0.15) is 23.2 Å². The number of nitrogens with zero attached hydrogens (tertiary/aromatic N) is 2. The normalized spacial score (nSPS) is 13.8. The Morgan fingerprint density at radius 3 is 2.33 bits per heavy atom. The van der Waals surface area contributed by atoms with Gasteiger partial charge in [-0.1, -0.05) is 0 Å². The second-order valence-corrected chi connectivity index (χ2v) is 9.88. The van der Waals surface area contributed by atoms with E-state index >= 15 is 0 Å². The van der Waals surface area contributed by atoms with E-state index in [2.05, 4.69) is 9.71 Å². The van der Waals surface area contributed by atoms with Crippen LogP contribution in [0.1, 0.15) is 38.2 Å². The molecule has 0 spiro atoms. The number of hydrogen-bond donors (Lipinski definition) is 1. The first kappa shape index (κ1) is 22.1. The zero-order chi connectivity index (χ0) is 21.9. The Morgan fingerprint density at radius 1 is 1.13 bits per heavy atom. The Kier molecular flexibility index (Phi) is 6.67. The van der Waals surface area contributed by atoms with E-state index in [0.29, 0.717) is 11.4 Å². The van der Waals surface area contributed by atoms with E-state index in [1.54, 1.807) is 19.5 Å². The first-order valence-corrected chi connectivity index (χ1v) is 10.6. The molecule has 0 saturated heterocycles. The van der Waals surface area contributed by atoms with E-state index in [9.17, 15) is 13.0 Å². The van der Waals surface area contributed by atoms with Crippen LogP contribution >= 0.6 is 0 Å². The summed E-state index contributed by atoms with van der Waals surface area (Å²) in [6.45, 7) is 5.56. The molecular weight excluding hydrogens is 408 g/mol. The molecule has 160 valence electrons. The lowest BCUT2D eigenvalue weighted by atomic mass is 10.1. The summed E-state index contributed by atoms with van der Waals surface area (Å²) in [5.41, 5.74) is 1.28. The first-order chi connectivity index (χ1) is 14.2. The third-order valence-electron chi connectivity index (χ3n) is 4.50. The molecule has 30 heavy (non-hydrogen) atoms. The number of benzene rings is 2. The third kappa shape index (κ3) is 5.31. The van der Waals surface area contributed by atoms with Crippen LogP contribution in [0.25, 0.3) is 5.69 Å². The van der Waals surface area contributed by atoms with Crippen molar-refractivity contribution >= 4 is 11.0 Å². The number of hydrogen-bond acceptors (Lipinski definition) is 3. The summed E-state index contributed by atoms with van der Waals surface area (Å²) in [5.74, 6) is -0.0000195. The van der Waals surface area contributed by atoms with Crippen LogP contribution in [0.15, 0.2) is 54.9 Å². The molecule has 2 atom stereocenters. The molecule has 1 unspecified atom stereocenters. The number of nitrogens with one attached hydrogen (secondary N) is 1. The van der Waals surface area contributed by atoms with Gasteiger partial charge in [-0.2, -0.15) is 0 Å². The molecule has 0 amide bonds. The lowest BCUT2D eigenvalue weighted by molar-refractivity contribution is 0.414. The van der Waals surface area contributed by atoms with Crippen molar-refractivity contribution in [3.05, 3.63) is 77.9 Å². The number of ether oxygens (including phenoxy) is 1. The van der Waals surface area contributed by atoms with Crippen LogP contribution in [-0.2, 0) is 17.4 Å². The van der Waals surface area contributed by atoms with Gasteiger partial charge in [-0.05, 0) is 69.2 Å². The molecule has 3 aromatic rings. The van der Waals surface area contributed by atoms with E-state index in [4.69, 9.17) is 4.74 Å². The molecule has 1 heterocycles. The van der Waals surface area contributed by atoms with E-state index < -0.39 is 33.4 Å². The zero-order valence-corrected chi connectivity index (χ0v) is 18.2. The number of imidazole rings is 1. The maximum Gasteiger partial charge on any atom is 0.131 e. The minimum atomic E-state index is -1.42. The summed E-state index contributed by atoms with van der Waals surface area (Å²) in [6, 6.07) is 10.3. The number of rotatable bonds is 7. The lowest BCUT2D eigenvalue weighted by Gasteiger charge is -2.25. The minimum Gasteiger partial charge on any atom is -0.497 e. The standard InChI is InChI=1S/C22H25F2N3O2S/c1-22(2,3)30(28)26-20(13-15-11-16(23)14-17(24)12-15)21-25-9-10-27(21)18-5-7-19(29-4)8-6-18/h5-12,14,20,26H,13H2,1-4H3/t20-,30?/m0/s1. The van der Waals surface area contributed by atoms with Gasteiger partial charge in [0.15, 0.2) is 0 Å². The van der Waals surface area contributed by atoms with Crippen LogP contribution in [0, 0.1) is 11.6 Å². The highest BCUT2D eigenvalue weighted by atomic mass is 32.2. The first-order valence-electron chi connectivity index (χ1n) is 9.48. The largest absolute Gasteiger partial charge is 0.497 e. The van der Waals surface area contributed by atoms with Crippen LogP contribution < -0.4 is 9.46 Å². The van der Waals surface area contributed by atoms with Crippen LogP contribution in [0.2, 0.25) is 0 Å². The van der Waals surface area contributed by atoms with Crippen molar-refractivity contribution in [2.45, 2.75) is 38.0 Å². The summed E-state index contributed by atoms with van der Waals surface area (Å²) < 4.78 is 49.9. The van der Waals surface area contributed by atoms with Gasteiger partial charge in [-0.15, -0.1) is 0 Å². The highest BCUT2D eigenvalue weighted by Gasteiger charge is 2.27. The predicted octanol–water partition coefficient (Wildman–Crippen LogP) is 4.49. The van der Waals surface area contributed by atoms with E-state index in [1.165, 1.54) is 12.1 Å². The van der Waals surface area contributed by atoms with E-state index in [-0.39, 0.29) is 6.42 Å². The van der Waals surface area contributed by atoms with Gasteiger partial charge in [0.2, 0.25) is 0 Å². The van der Waals surface area contributed by atoms with Crippen molar-refractivity contribution in [2.24, 2.45) is 0 Å². The van der Waals surface area contributed by atoms with Crippen molar-refractivity contribution in [2.75, 3.05) is 7.11 Å². The Hall–Kier alpha value is -2.58. The van der Waals surface area contributed by atoms with Crippen LogP contribution in [0.4, 0.5) is 8.78 Å². The maximum absolute atomic E-state index is 13.7. The van der Waals surface area contributed by atoms with Crippen molar-refractivity contribution in [1.82, 2.24) is 14.3 Å². The summed E-state index contributed by atoms with van der Waals surface area (Å²) >= 11 is 0. The van der Waals surface area contributed by atoms with Gasteiger partial charge in [-0.25, -0.2) is 22.7 Å². The molecular formula is C22H25F2N3O2S. The Balaban J connectivity index is 1.99. The van der Waals surface area contributed by atoms with Crippen LogP contribution in [0.5, 0.6) is 5.75 Å². The van der Waals surface area contributed by atoms with Crippen molar-refractivity contribution in [3.8, 4) is 11.4 Å². The summed E-state index contributed by atoms with van der Waals surface area (Å²) in [4.78, 5) is 4.46. The van der Waals surface area contributed by atoms with Crippen molar-refractivity contribution < 1.29 is 17.7 Å². The van der Waals surface area contributed by atoms with Crippen LogP contribution in [0.3, 0.4) is 0 Å². The van der Waals surface area contributed by atoms with Gasteiger partial charge in [-0.3, -0.25) is 0 Å². The maximum atomic E-state index is 13.7. The highest BCUT2D eigenvalue weighted by molar-refractivity contribution is 7.84. The molecule has 0 aliphatic carbocycles. The number of methoxy groups -OCH3 is 1. The topological polar surface area (TPSA) is 56.1 Å². The number of aromatic nitrogens is 2. The molecule has 2 aromatic carbocycles. The van der Waals surface area contributed by atoms with Gasteiger partial charge in [0.25, 0.3) is 0 Å². The Morgan fingerprint density at radius 2 is 1.77 bits per heavy atom. The fourth-order valence-electron chi connectivity index (χ4n) is 2.99. The molecule has 0 bridgehead atoms. The zero-order valence-electron chi connectivity index (χ0n) is 17.4. The monoisotopic (exact) mass is 433 g/mol. The van der Waals surface area contributed by atoms with Gasteiger partial charge in [0.05, 0.1) is 28.9 Å². The molecule has 3 rings (SSSR count). The molecule has 1 aromatic heterocycles. The quantitative estimate of drug-likeness (QED) is 0.597. The molecule has 0 aliphatic rings. The third-order valence-corrected chi connectivity index (χ3v) is 6.11. The Labute approximate surface area is 177 Å². The van der Waals surface area contributed by atoms with Gasteiger partial charge in [0, 0.05) is 24.1 Å². The minimum absolute atomic E-state index is 0.212. The SMILES string of the molecule is COc1ccc(-n2ccnc2[C@H](Cc2cc(F)cc(F)c2)NS(=O)C(C)(C)C)cc1. The molecule has 8 heteroatoms. The molecule has 0 saturated carbocycles. The van der Waals surface area contributed by atoms with Crippen molar-refractivity contribution in [3.63, 3.8) is 0 Å². The van der Waals surface area contributed by atoms with E-state index in [0.717, 1.165) is 17.5 Å².